The maximum absolute atomic E-state index is 13.0. The molecule has 0 spiro atoms. The summed E-state index contributed by atoms with van der Waals surface area (Å²) in [6.07, 6.45) is 0. The van der Waals surface area contributed by atoms with Gasteiger partial charge in [-0.2, -0.15) is 8.42 Å². The van der Waals surface area contributed by atoms with Gasteiger partial charge in [0, 0.05) is 16.4 Å². The van der Waals surface area contributed by atoms with Gasteiger partial charge in [-0.25, -0.2) is 9.78 Å². The minimum atomic E-state index is -4.77. The van der Waals surface area contributed by atoms with Crippen LogP contribution in [0.5, 0.6) is 0 Å². The molecule has 3 atom stereocenters. The molecule has 37 heavy (non-hydrogen) atoms. The average Bonchev–Trinajstić information content (AvgIpc) is 3.48. The Morgan fingerprint density at radius 2 is 2.16 bits per heavy atom. The van der Waals surface area contributed by atoms with E-state index in [1.807, 2.05) is 0 Å². The molecule has 0 radical (unpaired) electrons. The number of β-lactam (4-membered cyclic amide) rings is 1. The zero-order valence-electron chi connectivity index (χ0n) is 18.7. The van der Waals surface area contributed by atoms with Gasteiger partial charge < -0.3 is 21.0 Å². The van der Waals surface area contributed by atoms with Crippen molar-refractivity contribution in [2.75, 3.05) is 18.6 Å². The third kappa shape index (κ3) is 5.12. The van der Waals surface area contributed by atoms with E-state index in [1.165, 1.54) is 24.3 Å². The molecule has 5 N–H and O–H groups in total. The maximum atomic E-state index is 13.0. The number of aliphatic carboxylic acids is 1. The number of nitrogens with two attached hydrogens (primary N) is 1. The van der Waals surface area contributed by atoms with E-state index in [0.29, 0.717) is 5.57 Å². The fraction of sp³-hybridized carbons (Fsp3) is 0.375. The number of rotatable bonds is 9. The fourth-order valence-electron chi connectivity index (χ4n) is 3.47. The lowest BCUT2D eigenvalue weighted by molar-refractivity contribution is -0.150. The molecule has 1 saturated heterocycles. The summed E-state index contributed by atoms with van der Waals surface area (Å²) in [7, 11) is -3.54. The first-order valence-corrected chi connectivity index (χ1v) is 14.1. The van der Waals surface area contributed by atoms with Gasteiger partial charge in [-0.3, -0.25) is 19.0 Å². The smallest absolute Gasteiger partial charge is 0.382 e. The van der Waals surface area contributed by atoms with Crippen molar-refractivity contribution in [2.24, 2.45) is 5.16 Å². The average molecular weight is 592 g/mol. The number of hydrogen-bond donors (Lipinski definition) is 4. The van der Waals surface area contributed by atoms with Crippen LogP contribution in [-0.4, -0.2) is 101 Å². The second-order valence-corrected chi connectivity index (χ2v) is 11.8. The quantitative estimate of drug-likeness (QED) is 0.0864. The highest BCUT2D eigenvalue weighted by molar-refractivity contribution is 8.01. The van der Waals surface area contributed by atoms with Gasteiger partial charge in [0.25, 0.3) is 11.8 Å². The Hall–Kier alpha value is -3.27. The van der Waals surface area contributed by atoms with Crippen LogP contribution in [0.2, 0.25) is 0 Å². The van der Waals surface area contributed by atoms with Crippen LogP contribution in [0.25, 0.3) is 0 Å². The topological polar surface area (TPSA) is 245 Å². The van der Waals surface area contributed by atoms with Crippen molar-refractivity contribution in [3.63, 3.8) is 0 Å². The van der Waals surface area contributed by atoms with Gasteiger partial charge in [0.2, 0.25) is 5.16 Å². The Balaban J connectivity index is 1.55. The molecule has 4 heterocycles. The first-order valence-electron chi connectivity index (χ1n) is 9.91. The van der Waals surface area contributed by atoms with Crippen LogP contribution >= 0.6 is 34.9 Å². The van der Waals surface area contributed by atoms with E-state index >= 15 is 0 Å². The van der Waals surface area contributed by atoms with E-state index in [0.717, 1.165) is 28.0 Å². The lowest BCUT2D eigenvalue weighted by Crippen LogP contribution is -2.71. The van der Waals surface area contributed by atoms with Crippen molar-refractivity contribution in [2.45, 2.75) is 28.7 Å². The number of thioether (sulfide) groups is 2. The standard InChI is InChI=1S/C16H17N9O8S4/c1-5(36-16-20-22-23-25(16)37(30,31)32)6-3-34-13-9(12(27)24(13)10(6)14(28)29)19-11(26)8(21-33-2)7-4-35-15(17)18-7/h4-5,9,13H,3H2,1-2H3,(H2,17,18)(H,19,26)(H,28,29)(H,30,31,32)/t5?,9?,13-/m1/s1. The van der Waals surface area contributed by atoms with E-state index in [1.54, 1.807) is 6.92 Å². The van der Waals surface area contributed by atoms with Crippen LogP contribution in [0, 0.1) is 0 Å². The molecule has 0 bridgehead atoms. The van der Waals surface area contributed by atoms with E-state index in [9.17, 15) is 32.5 Å². The fourth-order valence-corrected chi connectivity index (χ4v) is 7.23. The van der Waals surface area contributed by atoms with Crippen LogP contribution in [0.15, 0.2) is 27.0 Å². The van der Waals surface area contributed by atoms with Crippen molar-refractivity contribution < 1.29 is 37.3 Å². The summed E-state index contributed by atoms with van der Waals surface area (Å²) in [6, 6.07) is -1.05. The molecule has 2 aliphatic heterocycles. The van der Waals surface area contributed by atoms with Crippen LogP contribution in [-0.2, 0) is 29.5 Å². The molecule has 17 nitrogen and oxygen atoms in total. The predicted molar refractivity (Wildman–Crippen MR) is 130 cm³/mol. The highest BCUT2D eigenvalue weighted by Gasteiger charge is 2.55. The second kappa shape index (κ2) is 10.2. The second-order valence-electron chi connectivity index (χ2n) is 7.28. The molecule has 4 rings (SSSR count). The number of carboxylic acid groups (broad SMARTS) is 1. The van der Waals surface area contributed by atoms with Crippen molar-refractivity contribution in [1.29, 1.82) is 0 Å². The molecule has 198 valence electrons. The molecule has 1 fully saturated rings. The highest BCUT2D eigenvalue weighted by Crippen LogP contribution is 2.43. The molecule has 2 amide bonds. The number of nitrogens with one attached hydrogen (secondary N) is 1. The number of thiazole rings is 1. The number of anilines is 1. The van der Waals surface area contributed by atoms with Gasteiger partial charge in [0.15, 0.2) is 10.8 Å². The number of oxime groups is 1. The maximum Gasteiger partial charge on any atom is 0.382 e. The Morgan fingerprint density at radius 1 is 1.43 bits per heavy atom. The lowest BCUT2D eigenvalue weighted by Gasteiger charge is -2.49. The first kappa shape index (κ1) is 26.8. The number of hydrogen-bond acceptors (Lipinski definition) is 15. The highest BCUT2D eigenvalue weighted by atomic mass is 32.2. The first-order chi connectivity index (χ1) is 17.4. The van der Waals surface area contributed by atoms with Crippen LogP contribution < -0.4 is 11.1 Å². The molecular weight excluding hydrogens is 574 g/mol. The third-order valence-corrected chi connectivity index (χ3v) is 8.93. The Bertz CT molecular complexity index is 1430. The van der Waals surface area contributed by atoms with E-state index in [4.69, 9.17) is 10.6 Å². The molecule has 2 aliphatic rings. The molecular formula is C16H17N9O8S4. The number of nitrogens with zero attached hydrogens (tertiary/aromatic N) is 7. The van der Waals surface area contributed by atoms with Crippen LogP contribution in [0.3, 0.4) is 0 Å². The number of amides is 2. The minimum Gasteiger partial charge on any atom is -0.477 e. The molecule has 0 saturated carbocycles. The van der Waals surface area contributed by atoms with Gasteiger partial charge in [0.05, 0.1) is 0 Å². The molecule has 2 unspecified atom stereocenters. The van der Waals surface area contributed by atoms with Crippen LogP contribution in [0.4, 0.5) is 5.13 Å². The summed E-state index contributed by atoms with van der Waals surface area (Å²) in [5.41, 5.74) is 5.54. The molecule has 0 aromatic carbocycles. The number of carbonyl (C=O) groups excluding carboxylic acids is 2. The zero-order valence-corrected chi connectivity index (χ0v) is 22.0. The van der Waals surface area contributed by atoms with Gasteiger partial charge in [0.1, 0.15) is 29.9 Å². The summed E-state index contributed by atoms with van der Waals surface area (Å²) in [5, 5.41) is 26.0. The summed E-state index contributed by atoms with van der Waals surface area (Å²) >= 11 is 3.06. The summed E-state index contributed by atoms with van der Waals surface area (Å²) in [5.74, 6) is -2.70. The summed E-state index contributed by atoms with van der Waals surface area (Å²) in [4.78, 5) is 47.7. The monoisotopic (exact) mass is 591 g/mol. The van der Waals surface area contributed by atoms with Crippen molar-refractivity contribution in [3.05, 3.63) is 22.3 Å². The summed E-state index contributed by atoms with van der Waals surface area (Å²) < 4.78 is 32.3. The zero-order chi connectivity index (χ0) is 27.1. The van der Waals surface area contributed by atoms with Crippen molar-refractivity contribution in [1.82, 2.24) is 34.8 Å². The number of aromatic nitrogens is 5. The minimum absolute atomic E-state index is 0.131. The normalized spacial score (nSPS) is 20.8. The number of carboxylic acids is 1. The third-order valence-electron chi connectivity index (χ3n) is 5.06. The Morgan fingerprint density at radius 3 is 2.76 bits per heavy atom. The molecule has 2 aromatic heterocycles. The van der Waals surface area contributed by atoms with E-state index < -0.39 is 44.8 Å². The number of carbonyl (C=O) groups is 3. The van der Waals surface area contributed by atoms with Crippen molar-refractivity contribution >= 4 is 73.8 Å². The van der Waals surface area contributed by atoms with E-state index in [2.05, 4.69) is 31.0 Å². The number of fused-ring (bicyclic) bond motifs is 1. The molecule has 21 heteroatoms. The SMILES string of the molecule is CON=C(C(=O)NC1C(=O)N2C(C(=O)O)=C(C(C)Sc3nnnn3S(=O)(=O)O)CS[C@H]12)c1csc(N)n1. The van der Waals surface area contributed by atoms with Crippen LogP contribution in [0.1, 0.15) is 12.6 Å². The molecule has 2 aromatic rings. The Labute approximate surface area is 220 Å². The largest absolute Gasteiger partial charge is 0.477 e. The van der Waals surface area contributed by atoms with E-state index in [-0.39, 0.29) is 37.2 Å². The van der Waals surface area contributed by atoms with Gasteiger partial charge >= 0.3 is 16.3 Å². The lowest BCUT2D eigenvalue weighted by atomic mass is 10.0. The summed E-state index contributed by atoms with van der Waals surface area (Å²) in [6.45, 7) is 1.57. The Kier molecular flexibility index (Phi) is 7.41. The van der Waals surface area contributed by atoms with Gasteiger partial charge in [-0.05, 0) is 22.9 Å². The molecule has 0 aliphatic carbocycles. The van der Waals surface area contributed by atoms with Gasteiger partial charge in [-0.15, -0.1) is 28.2 Å². The predicted octanol–water partition coefficient (Wildman–Crippen LogP) is -1.37. The number of nitrogen functional groups attached to an aromatic ring is 1. The van der Waals surface area contributed by atoms with Crippen molar-refractivity contribution in [3.8, 4) is 0 Å². The number of tetrazole rings is 1. The van der Waals surface area contributed by atoms with Gasteiger partial charge in [-0.1, -0.05) is 21.0 Å².